The predicted molar refractivity (Wildman–Crippen MR) is 67.9 cm³/mol. The average Bonchev–Trinajstić information content (AvgIpc) is 2.67. The van der Waals surface area contributed by atoms with Gasteiger partial charge in [-0.25, -0.2) is 14.5 Å². The molecule has 0 aliphatic rings. The third kappa shape index (κ3) is 2.41. The van der Waals surface area contributed by atoms with Gasteiger partial charge in [-0.15, -0.1) is 0 Å². The minimum atomic E-state index is -1.09. The fraction of sp³-hybridized carbons (Fsp3) is 0.100. The number of aromatic nitrogens is 3. The lowest BCUT2D eigenvalue weighted by atomic mass is 10.2. The van der Waals surface area contributed by atoms with Crippen molar-refractivity contribution >= 4 is 35.0 Å². The zero-order chi connectivity index (χ0) is 13.3. The Hall–Kier alpha value is -1.73. The summed E-state index contributed by atoms with van der Waals surface area (Å²) in [6.07, 6.45) is 1.38. The van der Waals surface area contributed by atoms with Gasteiger partial charge in [0, 0.05) is 17.6 Å². The Morgan fingerprint density at radius 2 is 2.28 bits per heavy atom. The summed E-state index contributed by atoms with van der Waals surface area (Å²) in [7, 11) is 1.71. The first-order chi connectivity index (χ1) is 8.49. The van der Waals surface area contributed by atoms with Gasteiger partial charge in [0.25, 0.3) is 0 Å². The number of hydrogen-bond donors (Lipinski definition) is 2. The van der Waals surface area contributed by atoms with Gasteiger partial charge in [-0.05, 0) is 23.9 Å². The van der Waals surface area contributed by atoms with Crippen molar-refractivity contribution in [3.63, 3.8) is 0 Å². The first kappa shape index (κ1) is 12.7. The van der Waals surface area contributed by atoms with E-state index in [1.165, 1.54) is 23.1 Å². The van der Waals surface area contributed by atoms with E-state index in [0.717, 1.165) is 11.8 Å². The summed E-state index contributed by atoms with van der Waals surface area (Å²) >= 11 is 7.16. The van der Waals surface area contributed by atoms with Crippen LogP contribution in [0.15, 0.2) is 28.5 Å². The molecular formula is C10H9ClN4O2S. The lowest BCUT2D eigenvalue weighted by Crippen LogP contribution is -2.02. The molecule has 0 aliphatic carbocycles. The Bertz CT molecular complexity index is 614. The van der Waals surface area contributed by atoms with Gasteiger partial charge in [0.1, 0.15) is 6.33 Å². The Kier molecular flexibility index (Phi) is 3.44. The zero-order valence-electron chi connectivity index (χ0n) is 9.29. The molecule has 1 heterocycles. The largest absolute Gasteiger partial charge is 0.478 e. The Morgan fingerprint density at radius 1 is 1.56 bits per heavy atom. The van der Waals surface area contributed by atoms with Crippen molar-refractivity contribution in [2.45, 2.75) is 10.1 Å². The summed E-state index contributed by atoms with van der Waals surface area (Å²) < 4.78 is 1.53. The minimum absolute atomic E-state index is 0.0491. The van der Waals surface area contributed by atoms with Crippen LogP contribution in [-0.4, -0.2) is 25.8 Å². The van der Waals surface area contributed by atoms with E-state index in [0.29, 0.717) is 15.7 Å². The number of nitrogens with two attached hydrogens (primary N) is 1. The molecule has 0 spiro atoms. The number of hydrogen-bond acceptors (Lipinski definition) is 5. The lowest BCUT2D eigenvalue weighted by molar-refractivity contribution is 0.0693. The van der Waals surface area contributed by atoms with Gasteiger partial charge in [0.05, 0.1) is 10.6 Å². The molecular weight excluding hydrogens is 276 g/mol. The maximum Gasteiger partial charge on any atom is 0.336 e. The zero-order valence-corrected chi connectivity index (χ0v) is 10.9. The third-order valence-electron chi connectivity index (χ3n) is 2.16. The highest BCUT2D eigenvalue weighted by Gasteiger charge is 2.17. The van der Waals surface area contributed by atoms with Crippen molar-refractivity contribution in [2.24, 2.45) is 7.05 Å². The summed E-state index contributed by atoms with van der Waals surface area (Å²) in [5, 5.41) is 13.9. The van der Waals surface area contributed by atoms with Crippen LogP contribution in [0.3, 0.4) is 0 Å². The van der Waals surface area contributed by atoms with Gasteiger partial charge < -0.3 is 10.8 Å². The molecule has 18 heavy (non-hydrogen) atoms. The van der Waals surface area contributed by atoms with Crippen LogP contribution in [-0.2, 0) is 7.05 Å². The van der Waals surface area contributed by atoms with Crippen molar-refractivity contribution < 1.29 is 9.90 Å². The lowest BCUT2D eigenvalue weighted by Gasteiger charge is -2.08. The highest BCUT2D eigenvalue weighted by atomic mass is 35.5. The molecule has 0 bridgehead atoms. The number of aromatic carboxylic acids is 1. The van der Waals surface area contributed by atoms with E-state index in [-0.39, 0.29) is 10.6 Å². The quantitative estimate of drug-likeness (QED) is 0.836. The van der Waals surface area contributed by atoms with Gasteiger partial charge in [-0.1, -0.05) is 11.6 Å². The molecule has 1 aromatic heterocycles. The number of halogens is 1. The number of aryl methyl sites for hydroxylation is 1. The van der Waals surface area contributed by atoms with Crippen LogP contribution < -0.4 is 5.73 Å². The third-order valence-corrected chi connectivity index (χ3v) is 3.77. The van der Waals surface area contributed by atoms with Crippen LogP contribution in [0.1, 0.15) is 10.4 Å². The van der Waals surface area contributed by atoms with Crippen molar-refractivity contribution in [3.8, 4) is 0 Å². The Labute approximate surface area is 112 Å². The summed E-state index contributed by atoms with van der Waals surface area (Å²) in [4.78, 5) is 15.6. The number of nitrogen functional groups attached to an aromatic ring is 1. The van der Waals surface area contributed by atoms with E-state index in [1.54, 1.807) is 7.05 Å². The van der Waals surface area contributed by atoms with Crippen LogP contribution in [0, 0.1) is 0 Å². The van der Waals surface area contributed by atoms with Gasteiger partial charge in [0.15, 0.2) is 5.16 Å². The molecule has 2 aromatic rings. The molecule has 0 unspecified atom stereocenters. The van der Waals surface area contributed by atoms with Crippen LogP contribution in [0.2, 0.25) is 5.02 Å². The summed E-state index contributed by atoms with van der Waals surface area (Å²) in [6.45, 7) is 0. The van der Waals surface area contributed by atoms with Crippen molar-refractivity contribution in [1.82, 2.24) is 14.8 Å². The molecule has 6 nitrogen and oxygen atoms in total. The van der Waals surface area contributed by atoms with Crippen LogP contribution in [0.25, 0.3) is 0 Å². The van der Waals surface area contributed by atoms with E-state index in [9.17, 15) is 4.79 Å². The number of carboxylic acids is 1. The molecule has 0 amide bonds. The molecule has 8 heteroatoms. The number of anilines is 1. The van der Waals surface area contributed by atoms with Gasteiger partial charge >= 0.3 is 5.97 Å². The van der Waals surface area contributed by atoms with E-state index in [1.807, 2.05) is 0 Å². The van der Waals surface area contributed by atoms with E-state index < -0.39 is 5.97 Å². The fourth-order valence-electron chi connectivity index (χ4n) is 1.35. The molecule has 2 rings (SSSR count). The number of carbonyl (C=O) groups is 1. The summed E-state index contributed by atoms with van der Waals surface area (Å²) in [5.74, 6) is -1.09. The van der Waals surface area contributed by atoms with E-state index >= 15 is 0 Å². The molecule has 0 fully saturated rings. The Morgan fingerprint density at radius 3 is 2.83 bits per heavy atom. The van der Waals surface area contributed by atoms with Gasteiger partial charge in [-0.3, -0.25) is 0 Å². The molecule has 0 aliphatic heterocycles. The normalized spacial score (nSPS) is 10.6. The van der Waals surface area contributed by atoms with E-state index in [2.05, 4.69) is 10.1 Å². The van der Waals surface area contributed by atoms with Crippen LogP contribution >= 0.6 is 23.4 Å². The second-order valence-corrected chi connectivity index (χ2v) is 4.84. The van der Waals surface area contributed by atoms with Crippen molar-refractivity contribution in [1.29, 1.82) is 0 Å². The first-order valence-corrected chi connectivity index (χ1v) is 6.02. The van der Waals surface area contributed by atoms with Crippen molar-refractivity contribution in [2.75, 3.05) is 5.73 Å². The highest BCUT2D eigenvalue weighted by molar-refractivity contribution is 7.99. The second-order valence-electron chi connectivity index (χ2n) is 3.45. The van der Waals surface area contributed by atoms with Gasteiger partial charge in [-0.2, -0.15) is 5.10 Å². The molecule has 3 N–H and O–H groups in total. The monoisotopic (exact) mass is 284 g/mol. The number of carboxylic acid groups (broad SMARTS) is 1. The average molecular weight is 285 g/mol. The predicted octanol–water partition coefficient (Wildman–Crippen LogP) is 1.90. The minimum Gasteiger partial charge on any atom is -0.478 e. The van der Waals surface area contributed by atoms with Gasteiger partial charge in [0.2, 0.25) is 0 Å². The maximum atomic E-state index is 11.2. The molecule has 0 saturated heterocycles. The van der Waals surface area contributed by atoms with Crippen molar-refractivity contribution in [3.05, 3.63) is 29.0 Å². The second kappa shape index (κ2) is 4.87. The van der Waals surface area contributed by atoms with E-state index in [4.69, 9.17) is 22.4 Å². The standard InChI is InChI=1S/C10H9ClN4O2S/c1-15-10(13-4-14-15)18-8-6(9(16)17)2-5(12)3-7(8)11/h2-4H,12H2,1H3,(H,16,17). The molecule has 0 saturated carbocycles. The van der Waals surface area contributed by atoms with Crippen LogP contribution in [0.4, 0.5) is 5.69 Å². The number of nitrogens with zero attached hydrogens (tertiary/aromatic N) is 3. The van der Waals surface area contributed by atoms with Crippen LogP contribution in [0.5, 0.6) is 0 Å². The molecule has 0 atom stereocenters. The maximum absolute atomic E-state index is 11.2. The topological polar surface area (TPSA) is 94.0 Å². The number of benzene rings is 1. The number of rotatable bonds is 3. The highest BCUT2D eigenvalue weighted by Crippen LogP contribution is 2.36. The first-order valence-electron chi connectivity index (χ1n) is 4.83. The molecule has 0 radical (unpaired) electrons. The fourth-order valence-corrected chi connectivity index (χ4v) is 2.56. The molecule has 1 aromatic carbocycles. The Balaban J connectivity index is 2.50. The summed E-state index contributed by atoms with van der Waals surface area (Å²) in [5.41, 5.74) is 5.93. The molecule has 94 valence electrons. The SMILES string of the molecule is Cn1ncnc1Sc1c(Cl)cc(N)cc1C(=O)O. The summed E-state index contributed by atoms with van der Waals surface area (Å²) in [6, 6.07) is 2.87. The smallest absolute Gasteiger partial charge is 0.336 e.